The highest BCUT2D eigenvalue weighted by atomic mass is 32.2. The SMILES string of the molecule is CC(C)C(NS(=O)(=O)c1ccc2ccccc2c1)C(=O)N1CCN(CC(=O)NC(C)(C)C)CC1. The van der Waals surface area contributed by atoms with Gasteiger partial charge in [-0.05, 0) is 49.6 Å². The van der Waals surface area contributed by atoms with Crippen LogP contribution in [0.15, 0.2) is 47.4 Å². The molecule has 0 saturated carbocycles. The van der Waals surface area contributed by atoms with Gasteiger partial charge in [0, 0.05) is 31.7 Å². The molecule has 0 aliphatic carbocycles. The second kappa shape index (κ2) is 10.4. The summed E-state index contributed by atoms with van der Waals surface area (Å²) >= 11 is 0. The second-order valence-electron chi connectivity index (χ2n) is 10.3. The Kier molecular flexibility index (Phi) is 8.00. The molecule has 2 N–H and O–H groups in total. The molecule has 1 fully saturated rings. The van der Waals surface area contributed by atoms with Crippen LogP contribution in [-0.2, 0) is 19.6 Å². The Labute approximate surface area is 202 Å². The van der Waals surface area contributed by atoms with Gasteiger partial charge in [-0.2, -0.15) is 4.72 Å². The molecule has 34 heavy (non-hydrogen) atoms. The fourth-order valence-corrected chi connectivity index (χ4v) is 5.40. The van der Waals surface area contributed by atoms with Crippen molar-refractivity contribution in [3.8, 4) is 0 Å². The molecule has 8 nitrogen and oxygen atoms in total. The van der Waals surface area contributed by atoms with E-state index in [1.54, 1.807) is 23.1 Å². The van der Waals surface area contributed by atoms with Crippen LogP contribution in [0.1, 0.15) is 34.6 Å². The number of carbonyl (C=O) groups is 2. The van der Waals surface area contributed by atoms with Gasteiger partial charge in [-0.25, -0.2) is 8.42 Å². The zero-order valence-corrected chi connectivity index (χ0v) is 21.5. The van der Waals surface area contributed by atoms with Gasteiger partial charge in [-0.3, -0.25) is 14.5 Å². The van der Waals surface area contributed by atoms with Gasteiger partial charge in [-0.1, -0.05) is 44.2 Å². The van der Waals surface area contributed by atoms with Crippen LogP contribution in [0.4, 0.5) is 0 Å². The van der Waals surface area contributed by atoms with Gasteiger partial charge < -0.3 is 10.2 Å². The van der Waals surface area contributed by atoms with Crippen molar-refractivity contribution in [3.63, 3.8) is 0 Å². The topological polar surface area (TPSA) is 98.8 Å². The van der Waals surface area contributed by atoms with E-state index in [-0.39, 0.29) is 34.7 Å². The number of nitrogens with zero attached hydrogens (tertiary/aromatic N) is 2. The molecule has 2 aromatic carbocycles. The number of benzene rings is 2. The number of nitrogens with one attached hydrogen (secondary N) is 2. The molecule has 1 saturated heterocycles. The molecule has 9 heteroatoms. The van der Waals surface area contributed by atoms with Crippen molar-refractivity contribution in [2.45, 2.75) is 51.1 Å². The highest BCUT2D eigenvalue weighted by molar-refractivity contribution is 7.89. The molecule has 0 spiro atoms. The van der Waals surface area contributed by atoms with Gasteiger partial charge in [0.05, 0.1) is 11.4 Å². The number of amides is 2. The molecule has 1 unspecified atom stereocenters. The zero-order chi connectivity index (χ0) is 25.1. The first-order chi connectivity index (χ1) is 15.9. The highest BCUT2D eigenvalue weighted by Gasteiger charge is 2.33. The van der Waals surface area contributed by atoms with Gasteiger partial charge in [0.1, 0.15) is 6.04 Å². The number of hydrogen-bond donors (Lipinski definition) is 2. The fourth-order valence-electron chi connectivity index (χ4n) is 4.03. The molecule has 1 atom stereocenters. The average molecular weight is 489 g/mol. The Balaban J connectivity index is 1.64. The lowest BCUT2D eigenvalue weighted by Gasteiger charge is -2.37. The maximum Gasteiger partial charge on any atom is 0.241 e. The van der Waals surface area contributed by atoms with E-state index in [0.717, 1.165) is 10.8 Å². The second-order valence-corrected chi connectivity index (χ2v) is 12.0. The first-order valence-electron chi connectivity index (χ1n) is 11.7. The van der Waals surface area contributed by atoms with E-state index < -0.39 is 16.1 Å². The first kappa shape index (κ1) is 26.1. The van der Waals surface area contributed by atoms with Crippen molar-refractivity contribution in [3.05, 3.63) is 42.5 Å². The number of rotatable bonds is 7. The molecule has 0 aromatic heterocycles. The molecule has 1 aliphatic rings. The number of fused-ring (bicyclic) bond motifs is 1. The summed E-state index contributed by atoms with van der Waals surface area (Å²) < 4.78 is 28.9. The normalized spacial score (nSPS) is 16.6. The quantitative estimate of drug-likeness (QED) is 0.623. The Hall–Kier alpha value is -2.49. The van der Waals surface area contributed by atoms with Crippen LogP contribution in [0, 0.1) is 5.92 Å². The summed E-state index contributed by atoms with van der Waals surface area (Å²) in [6.45, 7) is 11.8. The summed E-state index contributed by atoms with van der Waals surface area (Å²) in [5.74, 6) is -0.507. The van der Waals surface area contributed by atoms with Crippen LogP contribution >= 0.6 is 0 Å². The van der Waals surface area contributed by atoms with Crippen LogP contribution in [0.25, 0.3) is 10.8 Å². The van der Waals surface area contributed by atoms with Crippen LogP contribution in [0.5, 0.6) is 0 Å². The summed E-state index contributed by atoms with van der Waals surface area (Å²) in [6, 6.07) is 11.6. The fraction of sp³-hybridized carbons (Fsp3) is 0.520. The summed E-state index contributed by atoms with van der Waals surface area (Å²) in [4.78, 5) is 29.3. The lowest BCUT2D eigenvalue weighted by Crippen LogP contribution is -2.57. The molecule has 0 bridgehead atoms. The predicted molar refractivity (Wildman–Crippen MR) is 134 cm³/mol. The molecular formula is C25H36N4O4S. The van der Waals surface area contributed by atoms with E-state index in [4.69, 9.17) is 0 Å². The number of hydrogen-bond acceptors (Lipinski definition) is 5. The number of piperazine rings is 1. The Morgan fingerprint density at radius 3 is 2.18 bits per heavy atom. The van der Waals surface area contributed by atoms with E-state index in [0.29, 0.717) is 26.2 Å². The molecule has 0 radical (unpaired) electrons. The summed E-state index contributed by atoms with van der Waals surface area (Å²) in [5.41, 5.74) is -0.290. The predicted octanol–water partition coefficient (Wildman–Crippen LogP) is 2.20. The smallest absolute Gasteiger partial charge is 0.241 e. The van der Waals surface area contributed by atoms with E-state index in [9.17, 15) is 18.0 Å². The minimum Gasteiger partial charge on any atom is -0.350 e. The Bertz CT molecular complexity index is 1130. The minimum atomic E-state index is -3.88. The van der Waals surface area contributed by atoms with E-state index in [2.05, 4.69) is 10.0 Å². The Morgan fingerprint density at radius 2 is 1.59 bits per heavy atom. The maximum atomic E-state index is 13.3. The third kappa shape index (κ3) is 6.77. The molecule has 2 amide bonds. The summed E-state index contributed by atoms with van der Waals surface area (Å²) in [6.07, 6.45) is 0. The minimum absolute atomic E-state index is 0.0459. The lowest BCUT2D eigenvalue weighted by molar-refractivity contribution is -0.136. The molecular weight excluding hydrogens is 452 g/mol. The van der Waals surface area contributed by atoms with E-state index >= 15 is 0 Å². The van der Waals surface area contributed by atoms with Gasteiger partial charge in [0.15, 0.2) is 0 Å². The van der Waals surface area contributed by atoms with Crippen molar-refractivity contribution in [1.29, 1.82) is 0 Å². The van der Waals surface area contributed by atoms with Gasteiger partial charge >= 0.3 is 0 Å². The van der Waals surface area contributed by atoms with Crippen molar-refractivity contribution >= 4 is 32.6 Å². The first-order valence-corrected chi connectivity index (χ1v) is 13.2. The average Bonchev–Trinajstić information content (AvgIpc) is 2.75. The van der Waals surface area contributed by atoms with E-state index in [1.807, 2.05) is 63.8 Å². The van der Waals surface area contributed by atoms with Crippen molar-refractivity contribution < 1.29 is 18.0 Å². The maximum absolute atomic E-state index is 13.3. The van der Waals surface area contributed by atoms with Crippen molar-refractivity contribution in [1.82, 2.24) is 19.8 Å². The highest BCUT2D eigenvalue weighted by Crippen LogP contribution is 2.20. The third-order valence-electron chi connectivity index (χ3n) is 5.81. The van der Waals surface area contributed by atoms with Gasteiger partial charge in [0.25, 0.3) is 0 Å². The molecule has 1 aliphatic heterocycles. The van der Waals surface area contributed by atoms with E-state index in [1.165, 1.54) is 0 Å². The Morgan fingerprint density at radius 1 is 0.971 bits per heavy atom. The van der Waals surface area contributed by atoms with Crippen molar-refractivity contribution in [2.24, 2.45) is 5.92 Å². The number of sulfonamides is 1. The van der Waals surface area contributed by atoms with Crippen LogP contribution < -0.4 is 10.0 Å². The van der Waals surface area contributed by atoms with Crippen LogP contribution in [0.3, 0.4) is 0 Å². The summed E-state index contributed by atoms with van der Waals surface area (Å²) in [7, 11) is -3.88. The molecule has 186 valence electrons. The van der Waals surface area contributed by atoms with Gasteiger partial charge in [0.2, 0.25) is 21.8 Å². The van der Waals surface area contributed by atoms with Crippen LogP contribution in [0.2, 0.25) is 0 Å². The molecule has 2 aromatic rings. The number of carbonyl (C=O) groups excluding carboxylic acids is 2. The largest absolute Gasteiger partial charge is 0.350 e. The standard InChI is InChI=1S/C25H36N4O4S/c1-18(2)23(27-34(32,33)21-11-10-19-8-6-7-9-20(19)16-21)24(31)29-14-12-28(13-15-29)17-22(30)26-25(3,4)5/h6-11,16,18,23,27H,12-15,17H2,1-5H3,(H,26,30). The molecule has 1 heterocycles. The molecule has 3 rings (SSSR count). The van der Waals surface area contributed by atoms with Crippen molar-refractivity contribution in [2.75, 3.05) is 32.7 Å². The van der Waals surface area contributed by atoms with Gasteiger partial charge in [-0.15, -0.1) is 0 Å². The zero-order valence-electron chi connectivity index (χ0n) is 20.7. The summed E-state index contributed by atoms with van der Waals surface area (Å²) in [5, 5.41) is 4.72. The lowest BCUT2D eigenvalue weighted by atomic mass is 10.0. The van der Waals surface area contributed by atoms with Crippen LogP contribution in [-0.4, -0.2) is 74.3 Å². The third-order valence-corrected chi connectivity index (χ3v) is 7.25. The monoisotopic (exact) mass is 488 g/mol.